The minimum absolute atomic E-state index is 0.0908. The maximum absolute atomic E-state index is 13.1. The quantitative estimate of drug-likeness (QED) is 0.539. The first-order valence-corrected chi connectivity index (χ1v) is 13.4. The van der Waals surface area contributed by atoms with Gasteiger partial charge in [-0.15, -0.1) is 11.3 Å². The lowest BCUT2D eigenvalue weighted by Gasteiger charge is -2.33. The maximum Gasteiger partial charge on any atom is 0.253 e. The summed E-state index contributed by atoms with van der Waals surface area (Å²) in [5, 5.41) is 3.34. The van der Waals surface area contributed by atoms with Crippen LogP contribution in [0.4, 0.5) is 0 Å². The molecule has 0 saturated carbocycles. The highest BCUT2D eigenvalue weighted by Gasteiger charge is 2.31. The van der Waals surface area contributed by atoms with E-state index >= 15 is 0 Å². The Bertz CT molecular complexity index is 1280. The molecule has 1 aliphatic rings. The number of nitrogens with zero attached hydrogens (tertiary/aromatic N) is 2. The van der Waals surface area contributed by atoms with Crippen LogP contribution in [-0.4, -0.2) is 55.6 Å². The average molecular weight is 518 g/mol. The maximum atomic E-state index is 13.1. The number of rotatable bonds is 6. The number of sulfonamides is 1. The molecule has 2 heterocycles. The summed E-state index contributed by atoms with van der Waals surface area (Å²) in [6.45, 7) is 3.32. The smallest absolute Gasteiger partial charge is 0.253 e. The number of hydrogen-bond acceptors (Lipinski definition) is 5. The van der Waals surface area contributed by atoms with Gasteiger partial charge in [0.25, 0.3) is 21.8 Å². The Balaban J connectivity index is 1.34. The third-order valence-corrected chi connectivity index (χ3v) is 9.29. The van der Waals surface area contributed by atoms with Crippen LogP contribution in [0.3, 0.4) is 0 Å². The molecular formula is C24H24ClN3O4S2. The molecule has 1 saturated heterocycles. The molecule has 1 aromatic heterocycles. The lowest BCUT2D eigenvalue weighted by atomic mass is 10.1. The molecule has 0 radical (unpaired) electrons. The first-order chi connectivity index (χ1) is 16.2. The number of piperazine rings is 1. The van der Waals surface area contributed by atoms with Crippen LogP contribution >= 0.6 is 22.9 Å². The van der Waals surface area contributed by atoms with Crippen molar-refractivity contribution in [3.63, 3.8) is 0 Å². The molecule has 0 unspecified atom stereocenters. The Labute approximate surface area is 208 Å². The molecule has 2 amide bonds. The van der Waals surface area contributed by atoms with E-state index in [1.807, 2.05) is 19.1 Å². The minimum Gasteiger partial charge on any atom is -0.347 e. The van der Waals surface area contributed by atoms with Gasteiger partial charge in [0.05, 0.1) is 6.54 Å². The summed E-state index contributed by atoms with van der Waals surface area (Å²) in [7, 11) is -3.67. The normalized spacial score (nSPS) is 14.7. The zero-order chi connectivity index (χ0) is 24.3. The van der Waals surface area contributed by atoms with Crippen LogP contribution in [0.5, 0.6) is 0 Å². The van der Waals surface area contributed by atoms with Crippen LogP contribution in [0, 0.1) is 6.92 Å². The van der Waals surface area contributed by atoms with E-state index in [9.17, 15) is 18.0 Å². The van der Waals surface area contributed by atoms with Crippen LogP contribution < -0.4 is 5.32 Å². The van der Waals surface area contributed by atoms with E-state index in [2.05, 4.69) is 5.32 Å². The van der Waals surface area contributed by atoms with Gasteiger partial charge in [-0.1, -0.05) is 29.3 Å². The summed E-state index contributed by atoms with van der Waals surface area (Å²) in [6.07, 6.45) is 0. The fourth-order valence-electron chi connectivity index (χ4n) is 3.60. The van der Waals surface area contributed by atoms with Gasteiger partial charge in [-0.25, -0.2) is 8.42 Å². The number of aryl methyl sites for hydroxylation is 1. The Morgan fingerprint density at radius 1 is 0.912 bits per heavy atom. The lowest BCUT2D eigenvalue weighted by molar-refractivity contribution is 0.0698. The molecular weight excluding hydrogens is 494 g/mol. The Hall–Kier alpha value is -2.72. The average Bonchev–Trinajstić information content (AvgIpc) is 3.33. The van der Waals surface area contributed by atoms with Gasteiger partial charge < -0.3 is 10.2 Å². The summed E-state index contributed by atoms with van der Waals surface area (Å²) < 4.78 is 27.9. The highest BCUT2D eigenvalue weighted by atomic mass is 35.5. The van der Waals surface area contributed by atoms with Gasteiger partial charge in [0, 0.05) is 47.2 Å². The number of carbonyl (C=O) groups is 2. The standard InChI is InChI=1S/C24H24ClN3O4S2/c1-17-2-4-19(5-3-17)24(30)27-12-14-28(15-13-27)34(31,32)22-11-10-21(33-22)16-26-23(29)18-6-8-20(25)9-7-18/h2-11H,12-16H2,1H3,(H,26,29). The van der Waals surface area contributed by atoms with Gasteiger partial charge >= 0.3 is 0 Å². The molecule has 178 valence electrons. The number of nitrogens with one attached hydrogen (secondary N) is 1. The third kappa shape index (κ3) is 5.50. The number of hydrogen-bond donors (Lipinski definition) is 1. The van der Waals surface area contributed by atoms with Gasteiger partial charge in [0.2, 0.25) is 0 Å². The summed E-state index contributed by atoms with van der Waals surface area (Å²) in [5.74, 6) is -0.351. The number of carbonyl (C=O) groups excluding carboxylic acids is 2. The number of amides is 2. The highest BCUT2D eigenvalue weighted by Crippen LogP contribution is 2.26. The van der Waals surface area contributed by atoms with Gasteiger partial charge in [0.1, 0.15) is 4.21 Å². The largest absolute Gasteiger partial charge is 0.347 e. The number of thiophene rings is 1. The molecule has 10 heteroatoms. The Morgan fingerprint density at radius 2 is 1.53 bits per heavy atom. The predicted molar refractivity (Wildman–Crippen MR) is 133 cm³/mol. The first kappa shape index (κ1) is 24.4. The molecule has 1 N–H and O–H groups in total. The fourth-order valence-corrected chi connectivity index (χ4v) is 6.60. The van der Waals surface area contributed by atoms with Crippen molar-refractivity contribution in [1.29, 1.82) is 0 Å². The van der Waals surface area contributed by atoms with Gasteiger partial charge in [-0.05, 0) is 55.5 Å². The molecule has 1 aliphatic heterocycles. The zero-order valence-electron chi connectivity index (χ0n) is 18.5. The molecule has 0 atom stereocenters. The van der Waals surface area contributed by atoms with Crippen molar-refractivity contribution in [3.05, 3.63) is 87.3 Å². The Morgan fingerprint density at radius 3 is 2.18 bits per heavy atom. The van der Waals surface area contributed by atoms with Gasteiger partial charge in [-0.3, -0.25) is 9.59 Å². The summed E-state index contributed by atoms with van der Waals surface area (Å²) in [5.41, 5.74) is 2.16. The van der Waals surface area contributed by atoms with E-state index in [0.29, 0.717) is 29.2 Å². The van der Waals surface area contributed by atoms with Crippen LogP contribution in [0.15, 0.2) is 64.9 Å². The zero-order valence-corrected chi connectivity index (χ0v) is 20.9. The Kier molecular flexibility index (Phi) is 7.37. The molecule has 0 spiro atoms. The summed E-state index contributed by atoms with van der Waals surface area (Å²) in [6, 6.07) is 17.2. The second-order valence-corrected chi connectivity index (χ2v) is 11.7. The summed E-state index contributed by atoms with van der Waals surface area (Å²) >= 11 is 6.98. The van der Waals surface area contributed by atoms with Crippen molar-refractivity contribution < 1.29 is 18.0 Å². The van der Waals surface area contributed by atoms with E-state index < -0.39 is 10.0 Å². The topological polar surface area (TPSA) is 86.8 Å². The van der Waals surface area contributed by atoms with Crippen molar-refractivity contribution in [1.82, 2.24) is 14.5 Å². The lowest BCUT2D eigenvalue weighted by Crippen LogP contribution is -2.50. The van der Waals surface area contributed by atoms with Crippen molar-refractivity contribution >= 4 is 44.8 Å². The summed E-state index contributed by atoms with van der Waals surface area (Å²) in [4.78, 5) is 27.4. The van der Waals surface area contributed by atoms with Crippen molar-refractivity contribution in [2.75, 3.05) is 26.2 Å². The molecule has 2 aromatic carbocycles. The molecule has 34 heavy (non-hydrogen) atoms. The van der Waals surface area contributed by atoms with Crippen LogP contribution in [-0.2, 0) is 16.6 Å². The number of benzene rings is 2. The van der Waals surface area contributed by atoms with E-state index in [4.69, 9.17) is 11.6 Å². The van der Waals surface area contributed by atoms with E-state index in [-0.39, 0.29) is 35.7 Å². The van der Waals surface area contributed by atoms with Crippen molar-refractivity contribution in [2.24, 2.45) is 0 Å². The monoisotopic (exact) mass is 517 g/mol. The van der Waals surface area contributed by atoms with E-state index in [1.54, 1.807) is 53.4 Å². The van der Waals surface area contributed by atoms with Crippen LogP contribution in [0.2, 0.25) is 5.02 Å². The van der Waals surface area contributed by atoms with E-state index in [0.717, 1.165) is 21.8 Å². The second kappa shape index (κ2) is 10.3. The predicted octanol–water partition coefficient (Wildman–Crippen LogP) is 3.79. The van der Waals surface area contributed by atoms with E-state index in [1.165, 1.54) is 4.31 Å². The third-order valence-electron chi connectivity index (χ3n) is 5.59. The van der Waals surface area contributed by atoms with Crippen LogP contribution in [0.1, 0.15) is 31.2 Å². The highest BCUT2D eigenvalue weighted by molar-refractivity contribution is 7.91. The molecule has 0 bridgehead atoms. The fraction of sp³-hybridized carbons (Fsp3) is 0.250. The van der Waals surface area contributed by atoms with Gasteiger partial charge in [0.15, 0.2) is 0 Å². The molecule has 4 rings (SSSR count). The molecule has 0 aliphatic carbocycles. The molecule has 7 nitrogen and oxygen atoms in total. The first-order valence-electron chi connectivity index (χ1n) is 10.7. The number of halogens is 1. The van der Waals surface area contributed by atoms with Crippen LogP contribution in [0.25, 0.3) is 0 Å². The minimum atomic E-state index is -3.67. The SMILES string of the molecule is Cc1ccc(C(=O)N2CCN(S(=O)(=O)c3ccc(CNC(=O)c4ccc(Cl)cc4)s3)CC2)cc1. The molecule has 1 fully saturated rings. The second-order valence-electron chi connectivity index (χ2n) is 7.97. The molecule has 3 aromatic rings. The van der Waals surface area contributed by atoms with Gasteiger partial charge in [-0.2, -0.15) is 4.31 Å². The van der Waals surface area contributed by atoms with Crippen molar-refractivity contribution in [2.45, 2.75) is 17.7 Å². The van der Waals surface area contributed by atoms with Crippen molar-refractivity contribution in [3.8, 4) is 0 Å².